The lowest BCUT2D eigenvalue weighted by Gasteiger charge is -2.14. The average Bonchev–Trinajstić information content (AvgIpc) is 2.94. The first-order valence-electron chi connectivity index (χ1n) is 7.67. The van der Waals surface area contributed by atoms with Crippen molar-refractivity contribution >= 4 is 17.1 Å². The van der Waals surface area contributed by atoms with E-state index in [4.69, 9.17) is 10.5 Å². The van der Waals surface area contributed by atoms with Crippen LogP contribution in [0.5, 0.6) is 5.75 Å². The molecule has 0 fully saturated rings. The van der Waals surface area contributed by atoms with Crippen LogP contribution in [0.15, 0.2) is 39.9 Å². The molecule has 3 aromatic rings. The maximum Gasteiger partial charge on any atom is 0.332 e. The van der Waals surface area contributed by atoms with E-state index in [1.54, 1.807) is 12.1 Å². The number of aromatic nitrogens is 4. The fraction of sp³-hybridized carbons (Fsp3) is 0.312. The Morgan fingerprint density at radius 3 is 2.56 bits per heavy atom. The minimum absolute atomic E-state index is 0.0165. The highest BCUT2D eigenvalue weighted by Gasteiger charge is 2.19. The van der Waals surface area contributed by atoms with Crippen LogP contribution in [-0.2, 0) is 20.6 Å². The normalized spacial score (nSPS) is 12.4. The highest BCUT2D eigenvalue weighted by molar-refractivity contribution is 5.73. The zero-order chi connectivity index (χ0) is 18.1. The largest absolute Gasteiger partial charge is 0.491 e. The van der Waals surface area contributed by atoms with Gasteiger partial charge in [0, 0.05) is 14.1 Å². The molecule has 0 aliphatic carbocycles. The smallest absolute Gasteiger partial charge is 0.332 e. The number of fused-ring (bicyclic) bond motifs is 1. The van der Waals surface area contributed by atoms with Crippen LogP contribution in [-0.4, -0.2) is 36.5 Å². The Balaban J connectivity index is 1.90. The van der Waals surface area contributed by atoms with Crippen molar-refractivity contribution in [2.45, 2.75) is 12.6 Å². The fourth-order valence-electron chi connectivity index (χ4n) is 2.62. The van der Waals surface area contributed by atoms with Gasteiger partial charge in [-0.1, -0.05) is 18.2 Å². The van der Waals surface area contributed by atoms with Crippen LogP contribution < -0.4 is 21.7 Å². The molecule has 0 spiro atoms. The molecule has 0 bridgehead atoms. The molecule has 0 aliphatic rings. The molecule has 0 saturated heterocycles. The summed E-state index contributed by atoms with van der Waals surface area (Å²) in [7, 11) is 2.89. The minimum atomic E-state index is -0.915. The van der Waals surface area contributed by atoms with Crippen molar-refractivity contribution in [2.75, 3.05) is 12.3 Å². The first-order valence-corrected chi connectivity index (χ1v) is 7.67. The molecule has 2 heterocycles. The topological polar surface area (TPSA) is 117 Å². The Morgan fingerprint density at radius 1 is 1.20 bits per heavy atom. The molecular formula is C16H19N5O4. The maximum absolute atomic E-state index is 12.4. The van der Waals surface area contributed by atoms with E-state index in [0.717, 1.165) is 4.57 Å². The molecule has 0 saturated carbocycles. The molecule has 0 aliphatic heterocycles. The van der Waals surface area contributed by atoms with Crippen LogP contribution in [0.2, 0.25) is 0 Å². The zero-order valence-electron chi connectivity index (χ0n) is 13.9. The fourth-order valence-corrected chi connectivity index (χ4v) is 2.62. The van der Waals surface area contributed by atoms with E-state index in [2.05, 4.69) is 4.98 Å². The summed E-state index contributed by atoms with van der Waals surface area (Å²) < 4.78 is 9.13. The van der Waals surface area contributed by atoms with Crippen molar-refractivity contribution in [2.24, 2.45) is 14.1 Å². The maximum atomic E-state index is 12.4. The summed E-state index contributed by atoms with van der Waals surface area (Å²) >= 11 is 0. The monoisotopic (exact) mass is 345 g/mol. The van der Waals surface area contributed by atoms with E-state index in [9.17, 15) is 14.7 Å². The van der Waals surface area contributed by atoms with Crippen LogP contribution in [0.1, 0.15) is 0 Å². The number of aliphatic hydroxyl groups excluding tert-OH is 1. The number of aliphatic hydroxyl groups is 1. The summed E-state index contributed by atoms with van der Waals surface area (Å²) in [6, 6.07) is 9.07. The van der Waals surface area contributed by atoms with E-state index >= 15 is 0 Å². The van der Waals surface area contributed by atoms with Gasteiger partial charge in [-0.25, -0.2) is 4.79 Å². The number of para-hydroxylation sites is 1. The van der Waals surface area contributed by atoms with Gasteiger partial charge in [-0.05, 0) is 12.1 Å². The number of nitrogen functional groups attached to an aromatic ring is 1. The van der Waals surface area contributed by atoms with E-state index in [1.165, 1.54) is 23.2 Å². The molecule has 0 amide bonds. The SMILES string of the molecule is Cn1c(=O)c2c(nc(N)n2C[C@@H](O)COc2ccccc2)n(C)c1=O. The van der Waals surface area contributed by atoms with Gasteiger partial charge < -0.3 is 20.1 Å². The van der Waals surface area contributed by atoms with Crippen LogP contribution in [0, 0.1) is 0 Å². The number of aryl methyl sites for hydroxylation is 1. The summed E-state index contributed by atoms with van der Waals surface area (Å²) in [5.41, 5.74) is 5.23. The van der Waals surface area contributed by atoms with Gasteiger partial charge in [0.1, 0.15) is 18.5 Å². The first-order chi connectivity index (χ1) is 11.9. The first kappa shape index (κ1) is 16.8. The van der Waals surface area contributed by atoms with Gasteiger partial charge in [-0.2, -0.15) is 4.98 Å². The Kier molecular flexibility index (Phi) is 4.32. The standard InChI is InChI=1S/C16H19N5O4/c1-19-13-12(14(23)20(2)16(19)24)21(15(17)18-13)8-10(22)9-25-11-6-4-3-5-7-11/h3-7,10,22H,8-9H2,1-2H3,(H2,17,18)/t10-/m1/s1. The van der Waals surface area contributed by atoms with Gasteiger partial charge in [0.25, 0.3) is 5.56 Å². The van der Waals surface area contributed by atoms with Gasteiger partial charge in [0.2, 0.25) is 5.95 Å². The van der Waals surface area contributed by atoms with E-state index < -0.39 is 17.4 Å². The second kappa shape index (κ2) is 6.44. The predicted octanol–water partition coefficient (Wildman–Crippen LogP) is -0.544. The minimum Gasteiger partial charge on any atom is -0.491 e. The summed E-state index contributed by atoms with van der Waals surface area (Å²) in [4.78, 5) is 28.5. The second-order valence-electron chi connectivity index (χ2n) is 5.74. The van der Waals surface area contributed by atoms with Crippen LogP contribution in [0.4, 0.5) is 5.95 Å². The van der Waals surface area contributed by atoms with E-state index in [0.29, 0.717) is 5.75 Å². The molecule has 1 atom stereocenters. The van der Waals surface area contributed by atoms with Gasteiger partial charge in [0.15, 0.2) is 11.2 Å². The quantitative estimate of drug-likeness (QED) is 0.641. The van der Waals surface area contributed by atoms with Crippen molar-refractivity contribution in [1.82, 2.24) is 18.7 Å². The molecule has 1 aromatic carbocycles. The number of rotatable bonds is 5. The van der Waals surface area contributed by atoms with Crippen molar-refractivity contribution < 1.29 is 9.84 Å². The molecule has 0 unspecified atom stereocenters. The summed E-state index contributed by atoms with van der Waals surface area (Å²) in [6.07, 6.45) is -0.915. The van der Waals surface area contributed by atoms with Crippen molar-refractivity contribution in [3.8, 4) is 5.75 Å². The van der Waals surface area contributed by atoms with Crippen LogP contribution in [0.25, 0.3) is 11.2 Å². The second-order valence-corrected chi connectivity index (χ2v) is 5.74. The van der Waals surface area contributed by atoms with E-state index in [-0.39, 0.29) is 30.3 Å². The molecule has 2 aromatic heterocycles. The van der Waals surface area contributed by atoms with Crippen molar-refractivity contribution in [1.29, 1.82) is 0 Å². The van der Waals surface area contributed by atoms with Gasteiger partial charge in [-0.15, -0.1) is 0 Å². The zero-order valence-corrected chi connectivity index (χ0v) is 13.9. The third-order valence-corrected chi connectivity index (χ3v) is 3.96. The van der Waals surface area contributed by atoms with Gasteiger partial charge in [-0.3, -0.25) is 13.9 Å². The number of ether oxygens (including phenoxy) is 1. The molecule has 25 heavy (non-hydrogen) atoms. The Hall–Kier alpha value is -3.07. The third-order valence-electron chi connectivity index (χ3n) is 3.96. The molecule has 3 N–H and O–H groups in total. The molecular weight excluding hydrogens is 326 g/mol. The van der Waals surface area contributed by atoms with Crippen LogP contribution in [0.3, 0.4) is 0 Å². The van der Waals surface area contributed by atoms with Crippen molar-refractivity contribution in [3.05, 3.63) is 51.2 Å². The van der Waals surface area contributed by atoms with Crippen LogP contribution >= 0.6 is 0 Å². The lowest BCUT2D eigenvalue weighted by molar-refractivity contribution is 0.0938. The number of benzene rings is 1. The number of anilines is 1. The number of nitrogens with two attached hydrogens (primary N) is 1. The molecule has 9 heteroatoms. The number of nitrogens with zero attached hydrogens (tertiary/aromatic N) is 4. The molecule has 0 radical (unpaired) electrons. The average molecular weight is 345 g/mol. The summed E-state index contributed by atoms with van der Waals surface area (Å²) in [5.74, 6) is 0.676. The molecule has 132 valence electrons. The number of imidazole rings is 1. The number of hydrogen-bond acceptors (Lipinski definition) is 6. The third kappa shape index (κ3) is 3.01. The lowest BCUT2D eigenvalue weighted by Crippen LogP contribution is -2.38. The van der Waals surface area contributed by atoms with E-state index in [1.807, 2.05) is 18.2 Å². The lowest BCUT2D eigenvalue weighted by atomic mass is 10.3. The highest BCUT2D eigenvalue weighted by Crippen LogP contribution is 2.14. The van der Waals surface area contributed by atoms with Crippen molar-refractivity contribution in [3.63, 3.8) is 0 Å². The predicted molar refractivity (Wildman–Crippen MR) is 92.6 cm³/mol. The Labute approximate surface area is 142 Å². The Bertz CT molecular complexity index is 1020. The molecule has 9 nitrogen and oxygen atoms in total. The summed E-state index contributed by atoms with van der Waals surface area (Å²) in [6.45, 7) is 0.0395. The highest BCUT2D eigenvalue weighted by atomic mass is 16.5. The Morgan fingerprint density at radius 2 is 1.88 bits per heavy atom. The summed E-state index contributed by atoms with van der Waals surface area (Å²) in [5, 5.41) is 10.2. The molecule has 3 rings (SSSR count). The van der Waals surface area contributed by atoms with Gasteiger partial charge in [0.05, 0.1) is 6.54 Å². The van der Waals surface area contributed by atoms with Gasteiger partial charge >= 0.3 is 5.69 Å². The number of hydrogen-bond donors (Lipinski definition) is 2.